The summed E-state index contributed by atoms with van der Waals surface area (Å²) < 4.78 is 10.4. The minimum absolute atomic E-state index is 0.139. The minimum atomic E-state index is -0.438. The molecule has 0 aromatic heterocycles. The van der Waals surface area contributed by atoms with E-state index in [1.54, 1.807) is 24.3 Å². The molecule has 1 aliphatic rings. The fraction of sp³-hybridized carbons (Fsp3) is 0.158. The summed E-state index contributed by atoms with van der Waals surface area (Å²) in [5, 5.41) is 0. The van der Waals surface area contributed by atoms with E-state index >= 15 is 0 Å². The van der Waals surface area contributed by atoms with Gasteiger partial charge in [0, 0.05) is 11.6 Å². The molecule has 2 aromatic rings. The zero-order chi connectivity index (χ0) is 17.8. The average Bonchev–Trinajstić information content (AvgIpc) is 3.06. The van der Waals surface area contributed by atoms with E-state index in [-0.39, 0.29) is 6.79 Å². The van der Waals surface area contributed by atoms with Crippen molar-refractivity contribution in [3.05, 3.63) is 64.7 Å². The van der Waals surface area contributed by atoms with Crippen LogP contribution >= 0.6 is 0 Å². The Kier molecular flexibility index (Phi) is 4.70. The lowest BCUT2D eigenvalue weighted by atomic mass is 10.1. The Labute approximate surface area is 145 Å². The van der Waals surface area contributed by atoms with Crippen molar-refractivity contribution in [2.45, 2.75) is 13.8 Å². The monoisotopic (exact) mass is 338 g/mol. The van der Waals surface area contributed by atoms with Crippen LogP contribution in [0.3, 0.4) is 0 Å². The van der Waals surface area contributed by atoms with Gasteiger partial charge in [0.2, 0.25) is 6.79 Å². The lowest BCUT2D eigenvalue weighted by molar-refractivity contribution is -0.117. The highest BCUT2D eigenvalue weighted by molar-refractivity contribution is 5.98. The fourth-order valence-electron chi connectivity index (χ4n) is 2.45. The molecule has 6 nitrogen and oxygen atoms in total. The topological polar surface area (TPSA) is 76.7 Å². The third kappa shape index (κ3) is 3.98. The summed E-state index contributed by atoms with van der Waals surface area (Å²) in [7, 11) is 0. The van der Waals surface area contributed by atoms with E-state index in [1.165, 1.54) is 6.08 Å². The zero-order valence-corrected chi connectivity index (χ0v) is 14.0. The van der Waals surface area contributed by atoms with Crippen molar-refractivity contribution >= 4 is 17.9 Å². The van der Waals surface area contributed by atoms with E-state index in [9.17, 15) is 9.59 Å². The van der Waals surface area contributed by atoms with Crippen molar-refractivity contribution in [1.82, 2.24) is 10.9 Å². The van der Waals surface area contributed by atoms with Gasteiger partial charge in [-0.1, -0.05) is 23.8 Å². The molecule has 6 heteroatoms. The first-order valence-electron chi connectivity index (χ1n) is 7.78. The van der Waals surface area contributed by atoms with Gasteiger partial charge in [0.25, 0.3) is 11.8 Å². The Morgan fingerprint density at radius 3 is 2.60 bits per heavy atom. The van der Waals surface area contributed by atoms with Crippen molar-refractivity contribution in [2.75, 3.05) is 6.79 Å². The first-order chi connectivity index (χ1) is 12.0. The highest BCUT2D eigenvalue weighted by Crippen LogP contribution is 2.32. The molecule has 0 bridgehead atoms. The standard InChI is InChI=1S/C19H18N2O4/c1-12-3-4-14(13(2)9-12)6-8-18(22)20-21-19(23)15-5-7-16-17(10-15)25-11-24-16/h3-10H,11H2,1-2H3,(H,20,22)(H,21,23)/b8-6+. The highest BCUT2D eigenvalue weighted by atomic mass is 16.7. The maximum atomic E-state index is 12.1. The van der Waals surface area contributed by atoms with Gasteiger partial charge in [-0.15, -0.1) is 0 Å². The molecule has 2 aromatic carbocycles. The van der Waals surface area contributed by atoms with Crippen LogP contribution in [-0.4, -0.2) is 18.6 Å². The second-order valence-electron chi connectivity index (χ2n) is 5.70. The van der Waals surface area contributed by atoms with Gasteiger partial charge >= 0.3 is 0 Å². The Morgan fingerprint density at radius 1 is 1.00 bits per heavy atom. The molecule has 2 N–H and O–H groups in total. The lowest BCUT2D eigenvalue weighted by Gasteiger charge is -2.06. The number of rotatable bonds is 3. The SMILES string of the molecule is Cc1ccc(/C=C/C(=O)NNC(=O)c2ccc3c(c2)OCO3)c(C)c1. The summed E-state index contributed by atoms with van der Waals surface area (Å²) in [5.74, 6) is 0.242. The van der Waals surface area contributed by atoms with Crippen LogP contribution in [0.5, 0.6) is 11.5 Å². The van der Waals surface area contributed by atoms with Crippen molar-refractivity contribution in [2.24, 2.45) is 0 Å². The second-order valence-corrected chi connectivity index (χ2v) is 5.70. The van der Waals surface area contributed by atoms with Gasteiger partial charge in [-0.25, -0.2) is 0 Å². The second kappa shape index (κ2) is 7.09. The molecule has 0 aliphatic carbocycles. The molecule has 3 rings (SSSR count). The molecule has 0 saturated carbocycles. The number of fused-ring (bicyclic) bond motifs is 1. The zero-order valence-electron chi connectivity index (χ0n) is 14.0. The molecule has 2 amide bonds. The summed E-state index contributed by atoms with van der Waals surface area (Å²) >= 11 is 0. The number of nitrogens with one attached hydrogen (secondary N) is 2. The Bertz CT molecular complexity index is 858. The quantitative estimate of drug-likeness (QED) is 0.666. The summed E-state index contributed by atoms with van der Waals surface area (Å²) in [5.41, 5.74) is 8.27. The third-order valence-corrected chi connectivity index (χ3v) is 3.77. The number of benzene rings is 2. The van der Waals surface area contributed by atoms with Crippen LogP contribution in [-0.2, 0) is 4.79 Å². The number of hydrogen-bond acceptors (Lipinski definition) is 4. The van der Waals surface area contributed by atoms with Gasteiger partial charge in [0.1, 0.15) is 0 Å². The third-order valence-electron chi connectivity index (χ3n) is 3.77. The first-order valence-corrected chi connectivity index (χ1v) is 7.78. The largest absolute Gasteiger partial charge is 0.454 e. The number of hydrazine groups is 1. The number of aryl methyl sites for hydroxylation is 2. The predicted molar refractivity (Wildman–Crippen MR) is 93.1 cm³/mol. The molecule has 0 radical (unpaired) electrons. The molecule has 1 aliphatic heterocycles. The van der Waals surface area contributed by atoms with Gasteiger partial charge in [-0.3, -0.25) is 20.4 Å². The van der Waals surface area contributed by atoms with Gasteiger partial charge < -0.3 is 9.47 Å². The number of hydrogen-bond donors (Lipinski definition) is 2. The van der Waals surface area contributed by atoms with Crippen LogP contribution in [0, 0.1) is 13.8 Å². The maximum Gasteiger partial charge on any atom is 0.269 e. The van der Waals surface area contributed by atoms with Gasteiger partial charge in [-0.2, -0.15) is 0 Å². The average molecular weight is 338 g/mol. The number of carbonyl (C=O) groups is 2. The van der Waals surface area contributed by atoms with Crippen LogP contribution in [0.15, 0.2) is 42.5 Å². The summed E-state index contributed by atoms with van der Waals surface area (Å²) in [4.78, 5) is 23.9. The van der Waals surface area contributed by atoms with E-state index in [0.29, 0.717) is 17.1 Å². The van der Waals surface area contributed by atoms with Gasteiger partial charge in [0.05, 0.1) is 0 Å². The summed E-state index contributed by atoms with van der Waals surface area (Å²) in [6, 6.07) is 10.8. The van der Waals surface area contributed by atoms with Crippen molar-refractivity contribution in [3.63, 3.8) is 0 Å². The molecule has 25 heavy (non-hydrogen) atoms. The molecule has 1 heterocycles. The molecule has 0 atom stereocenters. The Balaban J connectivity index is 1.56. The van der Waals surface area contributed by atoms with Crippen molar-refractivity contribution < 1.29 is 19.1 Å². The minimum Gasteiger partial charge on any atom is -0.454 e. The molecular formula is C19H18N2O4. The Morgan fingerprint density at radius 2 is 1.80 bits per heavy atom. The van der Waals surface area contributed by atoms with Crippen LogP contribution < -0.4 is 20.3 Å². The maximum absolute atomic E-state index is 12.1. The van der Waals surface area contributed by atoms with Crippen LogP contribution in [0.2, 0.25) is 0 Å². The molecule has 0 spiro atoms. The highest BCUT2D eigenvalue weighted by Gasteiger charge is 2.16. The number of amides is 2. The summed E-state index contributed by atoms with van der Waals surface area (Å²) in [6.07, 6.45) is 3.08. The number of ether oxygens (including phenoxy) is 2. The lowest BCUT2D eigenvalue weighted by Crippen LogP contribution is -2.40. The van der Waals surface area contributed by atoms with Gasteiger partial charge in [0.15, 0.2) is 11.5 Å². The molecule has 0 saturated heterocycles. The molecule has 128 valence electrons. The normalized spacial score (nSPS) is 12.2. The van der Waals surface area contributed by atoms with Gasteiger partial charge in [-0.05, 0) is 49.2 Å². The molecule has 0 unspecified atom stereocenters. The van der Waals surface area contributed by atoms with E-state index in [0.717, 1.165) is 16.7 Å². The number of carbonyl (C=O) groups excluding carboxylic acids is 2. The molecule has 0 fully saturated rings. The van der Waals surface area contributed by atoms with Crippen molar-refractivity contribution in [1.29, 1.82) is 0 Å². The van der Waals surface area contributed by atoms with Crippen molar-refractivity contribution in [3.8, 4) is 11.5 Å². The van der Waals surface area contributed by atoms with E-state index in [2.05, 4.69) is 10.9 Å². The smallest absolute Gasteiger partial charge is 0.269 e. The summed E-state index contributed by atoms with van der Waals surface area (Å²) in [6.45, 7) is 4.13. The predicted octanol–water partition coefficient (Wildman–Crippen LogP) is 2.51. The van der Waals surface area contributed by atoms with Crippen LogP contribution in [0.1, 0.15) is 27.0 Å². The van der Waals surface area contributed by atoms with E-state index in [1.807, 2.05) is 32.0 Å². The first kappa shape index (κ1) is 16.6. The van der Waals surface area contributed by atoms with Crippen LogP contribution in [0.4, 0.5) is 0 Å². The Hall–Kier alpha value is -3.28. The van der Waals surface area contributed by atoms with E-state index < -0.39 is 11.8 Å². The van der Waals surface area contributed by atoms with Crippen LogP contribution in [0.25, 0.3) is 6.08 Å². The fourth-order valence-corrected chi connectivity index (χ4v) is 2.45. The molecular weight excluding hydrogens is 320 g/mol. The van der Waals surface area contributed by atoms with E-state index in [4.69, 9.17) is 9.47 Å².